The summed E-state index contributed by atoms with van der Waals surface area (Å²) >= 11 is 0. The molecule has 0 bridgehead atoms. The van der Waals surface area contributed by atoms with Crippen LogP contribution in [0.5, 0.6) is 0 Å². The molecular formula is C18H20N2. The van der Waals surface area contributed by atoms with E-state index in [2.05, 4.69) is 46.3 Å². The largest absolute Gasteiger partial charge is 0.357 e. The summed E-state index contributed by atoms with van der Waals surface area (Å²) in [4.78, 5) is 6.49. The van der Waals surface area contributed by atoms with E-state index in [1.54, 1.807) is 5.56 Å². The van der Waals surface area contributed by atoms with Crippen LogP contribution in [-0.4, -0.2) is 23.0 Å². The third-order valence-corrected chi connectivity index (χ3v) is 5.68. The van der Waals surface area contributed by atoms with Gasteiger partial charge in [-0.2, -0.15) is 0 Å². The van der Waals surface area contributed by atoms with Crippen molar-refractivity contribution in [1.82, 2.24) is 9.88 Å². The molecule has 0 amide bonds. The molecule has 2 nitrogen and oxygen atoms in total. The molecule has 1 saturated heterocycles. The maximum Gasteiger partial charge on any atom is 0.0536 e. The minimum atomic E-state index is 0.640. The highest BCUT2D eigenvalue weighted by molar-refractivity contribution is 5.85. The number of aromatic amines is 1. The quantitative estimate of drug-likeness (QED) is 0.719. The molecule has 3 atom stereocenters. The SMILES string of the molecule is C1=CC[C@@H]2[C@H](C1)CN1CCc3c([nH]c4ccccc34)[C@@H]21. The number of hydrogen-bond acceptors (Lipinski definition) is 1. The Bertz CT molecular complexity index is 697. The van der Waals surface area contributed by atoms with E-state index in [0.717, 1.165) is 11.8 Å². The Morgan fingerprint density at radius 1 is 1.10 bits per heavy atom. The first-order valence-electron chi connectivity index (χ1n) is 7.90. The van der Waals surface area contributed by atoms with Gasteiger partial charge in [-0.15, -0.1) is 0 Å². The van der Waals surface area contributed by atoms with Gasteiger partial charge in [0.15, 0.2) is 0 Å². The normalized spacial score (nSPS) is 32.1. The van der Waals surface area contributed by atoms with Crippen LogP contribution in [0.25, 0.3) is 10.9 Å². The van der Waals surface area contributed by atoms with Gasteiger partial charge in [0, 0.05) is 29.7 Å². The van der Waals surface area contributed by atoms with Crippen LogP contribution in [0.1, 0.15) is 30.1 Å². The zero-order chi connectivity index (χ0) is 13.1. The zero-order valence-corrected chi connectivity index (χ0v) is 11.7. The van der Waals surface area contributed by atoms with Crippen molar-refractivity contribution in [3.63, 3.8) is 0 Å². The summed E-state index contributed by atoms with van der Waals surface area (Å²) in [5, 5.41) is 1.46. The van der Waals surface area contributed by atoms with Crippen molar-refractivity contribution in [2.24, 2.45) is 11.8 Å². The Morgan fingerprint density at radius 2 is 2.00 bits per heavy atom. The van der Waals surface area contributed by atoms with Crippen molar-refractivity contribution < 1.29 is 0 Å². The van der Waals surface area contributed by atoms with Crippen LogP contribution in [0.4, 0.5) is 0 Å². The molecule has 1 fully saturated rings. The summed E-state index contributed by atoms with van der Waals surface area (Å²) in [5.41, 5.74) is 4.45. The first-order chi connectivity index (χ1) is 9.92. The molecule has 2 aromatic rings. The minimum absolute atomic E-state index is 0.640. The second-order valence-corrected chi connectivity index (χ2v) is 6.62. The Morgan fingerprint density at radius 3 is 3.00 bits per heavy atom. The maximum absolute atomic E-state index is 3.75. The molecule has 0 spiro atoms. The van der Waals surface area contributed by atoms with E-state index in [-0.39, 0.29) is 0 Å². The number of H-pyrrole nitrogens is 1. The summed E-state index contributed by atoms with van der Waals surface area (Å²) in [6.07, 6.45) is 8.56. The van der Waals surface area contributed by atoms with E-state index in [9.17, 15) is 0 Å². The number of fused-ring (bicyclic) bond motifs is 7. The fourth-order valence-electron chi connectivity index (χ4n) is 4.80. The minimum Gasteiger partial charge on any atom is -0.357 e. The molecule has 3 heterocycles. The predicted molar refractivity (Wildman–Crippen MR) is 81.7 cm³/mol. The van der Waals surface area contributed by atoms with Crippen molar-refractivity contribution >= 4 is 10.9 Å². The average molecular weight is 264 g/mol. The highest BCUT2D eigenvalue weighted by Gasteiger charge is 2.45. The summed E-state index contributed by atoms with van der Waals surface area (Å²) in [7, 11) is 0. The lowest BCUT2D eigenvalue weighted by Gasteiger charge is -2.33. The fourth-order valence-corrected chi connectivity index (χ4v) is 4.80. The van der Waals surface area contributed by atoms with Crippen molar-refractivity contribution in [3.8, 4) is 0 Å². The Labute approximate surface area is 119 Å². The van der Waals surface area contributed by atoms with Gasteiger partial charge in [0.25, 0.3) is 0 Å². The van der Waals surface area contributed by atoms with Crippen LogP contribution in [0.2, 0.25) is 0 Å². The molecule has 3 aliphatic rings. The van der Waals surface area contributed by atoms with Gasteiger partial charge in [0.2, 0.25) is 0 Å². The van der Waals surface area contributed by atoms with Gasteiger partial charge in [0.1, 0.15) is 0 Å². The van der Waals surface area contributed by atoms with Crippen molar-refractivity contribution in [2.75, 3.05) is 13.1 Å². The molecule has 1 N–H and O–H groups in total. The van der Waals surface area contributed by atoms with Crippen LogP contribution < -0.4 is 0 Å². The van der Waals surface area contributed by atoms with Gasteiger partial charge in [-0.25, -0.2) is 0 Å². The van der Waals surface area contributed by atoms with Crippen LogP contribution >= 0.6 is 0 Å². The van der Waals surface area contributed by atoms with Gasteiger partial charge in [-0.1, -0.05) is 30.4 Å². The summed E-state index contributed by atoms with van der Waals surface area (Å²) in [6, 6.07) is 9.46. The number of rotatable bonds is 0. The molecule has 1 aliphatic carbocycles. The Kier molecular flexibility index (Phi) is 2.22. The lowest BCUT2D eigenvalue weighted by molar-refractivity contribution is 0.211. The predicted octanol–water partition coefficient (Wildman–Crippen LogP) is 3.66. The summed E-state index contributed by atoms with van der Waals surface area (Å²) in [5.74, 6) is 1.70. The summed E-state index contributed by atoms with van der Waals surface area (Å²) in [6.45, 7) is 2.54. The number of allylic oxidation sites excluding steroid dienone is 2. The molecule has 2 aliphatic heterocycles. The highest BCUT2D eigenvalue weighted by atomic mass is 15.2. The lowest BCUT2D eigenvalue weighted by atomic mass is 9.80. The number of nitrogens with one attached hydrogen (secondary N) is 1. The highest BCUT2D eigenvalue weighted by Crippen LogP contribution is 2.49. The molecule has 102 valence electrons. The monoisotopic (exact) mass is 264 g/mol. The first kappa shape index (κ1) is 11.2. The molecule has 20 heavy (non-hydrogen) atoms. The third kappa shape index (κ3) is 1.38. The van der Waals surface area contributed by atoms with Crippen molar-refractivity contribution in [1.29, 1.82) is 0 Å². The smallest absolute Gasteiger partial charge is 0.0536 e. The topological polar surface area (TPSA) is 19.0 Å². The van der Waals surface area contributed by atoms with E-state index in [1.807, 2.05) is 0 Å². The molecule has 0 radical (unpaired) electrons. The molecule has 1 aromatic carbocycles. The van der Waals surface area contributed by atoms with Crippen molar-refractivity contribution in [3.05, 3.63) is 47.7 Å². The van der Waals surface area contributed by atoms with Crippen LogP contribution in [0, 0.1) is 11.8 Å². The molecule has 0 saturated carbocycles. The van der Waals surface area contributed by atoms with Crippen LogP contribution in [0.3, 0.4) is 0 Å². The van der Waals surface area contributed by atoms with E-state index in [4.69, 9.17) is 0 Å². The second kappa shape index (κ2) is 3.98. The molecular weight excluding hydrogens is 244 g/mol. The maximum atomic E-state index is 3.75. The Balaban J connectivity index is 1.68. The number of nitrogens with zero attached hydrogens (tertiary/aromatic N) is 1. The number of aromatic nitrogens is 1. The van der Waals surface area contributed by atoms with E-state index in [1.165, 1.54) is 48.9 Å². The van der Waals surface area contributed by atoms with E-state index in [0.29, 0.717) is 6.04 Å². The van der Waals surface area contributed by atoms with Crippen LogP contribution in [0.15, 0.2) is 36.4 Å². The number of benzene rings is 1. The van der Waals surface area contributed by atoms with Gasteiger partial charge in [-0.05, 0) is 42.7 Å². The second-order valence-electron chi connectivity index (χ2n) is 6.62. The third-order valence-electron chi connectivity index (χ3n) is 5.68. The van der Waals surface area contributed by atoms with Gasteiger partial charge in [-0.3, -0.25) is 4.90 Å². The number of hydrogen-bond donors (Lipinski definition) is 1. The van der Waals surface area contributed by atoms with E-state index < -0.39 is 0 Å². The van der Waals surface area contributed by atoms with Gasteiger partial charge >= 0.3 is 0 Å². The molecule has 2 heteroatoms. The molecule has 0 unspecified atom stereocenters. The van der Waals surface area contributed by atoms with E-state index >= 15 is 0 Å². The molecule has 5 rings (SSSR count). The average Bonchev–Trinajstić information content (AvgIpc) is 3.04. The fraction of sp³-hybridized carbons (Fsp3) is 0.444. The van der Waals surface area contributed by atoms with Gasteiger partial charge in [0.05, 0.1) is 6.04 Å². The number of para-hydroxylation sites is 1. The summed E-state index contributed by atoms with van der Waals surface area (Å²) < 4.78 is 0. The first-order valence-corrected chi connectivity index (χ1v) is 7.90. The standard InChI is InChI=1S/C18H20N2/c1-2-6-13-12(5-1)11-20-10-9-15-14-7-3-4-8-16(14)19-17(15)18(13)20/h1-4,7-8,12-13,18-19H,5-6,9-11H2/t12-,13-,18-/m1/s1. The van der Waals surface area contributed by atoms with Crippen LogP contribution in [-0.2, 0) is 6.42 Å². The zero-order valence-electron chi connectivity index (χ0n) is 11.7. The Hall–Kier alpha value is -1.54. The molecule has 1 aromatic heterocycles. The van der Waals surface area contributed by atoms with Crippen molar-refractivity contribution in [2.45, 2.75) is 25.3 Å². The lowest BCUT2D eigenvalue weighted by Crippen LogP contribution is -2.32. The van der Waals surface area contributed by atoms with Gasteiger partial charge < -0.3 is 4.98 Å².